The second-order valence-corrected chi connectivity index (χ2v) is 5.52. The first-order valence-corrected chi connectivity index (χ1v) is 6.83. The van der Waals surface area contributed by atoms with Gasteiger partial charge >= 0.3 is 0 Å². The van der Waals surface area contributed by atoms with Gasteiger partial charge in [0, 0.05) is 15.2 Å². The molecule has 98 valence electrons. The van der Waals surface area contributed by atoms with Crippen LogP contribution >= 0.6 is 39.1 Å². The van der Waals surface area contributed by atoms with Crippen LogP contribution in [0.2, 0.25) is 10.0 Å². The number of hydrogen-bond acceptors (Lipinski definition) is 2. The van der Waals surface area contributed by atoms with Crippen molar-refractivity contribution in [1.82, 2.24) is 0 Å². The summed E-state index contributed by atoms with van der Waals surface area (Å²) in [5.74, 6) is -0.316. The second-order valence-electron chi connectivity index (χ2n) is 3.82. The van der Waals surface area contributed by atoms with E-state index in [9.17, 15) is 4.79 Å². The van der Waals surface area contributed by atoms with Crippen LogP contribution in [-0.2, 0) is 0 Å². The SMILES string of the molecule is Nc1ccc(Br)c(C(=O)Nc2cc(Cl)ccc2Cl)c1. The second kappa shape index (κ2) is 5.82. The molecule has 0 radical (unpaired) electrons. The Hall–Kier alpha value is -1.23. The molecule has 0 saturated carbocycles. The molecule has 6 heteroatoms. The number of nitrogen functional groups attached to an aromatic ring is 1. The number of nitrogens with two attached hydrogens (primary N) is 1. The number of halogens is 3. The molecule has 0 bridgehead atoms. The molecule has 0 fully saturated rings. The van der Waals surface area contributed by atoms with Crippen molar-refractivity contribution in [2.24, 2.45) is 0 Å². The van der Waals surface area contributed by atoms with E-state index in [-0.39, 0.29) is 5.91 Å². The lowest BCUT2D eigenvalue weighted by Crippen LogP contribution is -2.13. The summed E-state index contributed by atoms with van der Waals surface area (Å²) in [5, 5.41) is 3.60. The fourth-order valence-electron chi connectivity index (χ4n) is 1.50. The van der Waals surface area contributed by atoms with Crippen molar-refractivity contribution in [3.05, 3.63) is 56.5 Å². The van der Waals surface area contributed by atoms with Gasteiger partial charge in [0.2, 0.25) is 0 Å². The fourth-order valence-corrected chi connectivity index (χ4v) is 2.26. The average Bonchev–Trinajstić information content (AvgIpc) is 2.36. The average molecular weight is 360 g/mol. The third kappa shape index (κ3) is 3.41. The number of nitrogens with one attached hydrogen (secondary N) is 1. The van der Waals surface area contributed by atoms with E-state index in [0.29, 0.717) is 31.5 Å². The lowest BCUT2D eigenvalue weighted by Gasteiger charge is -2.09. The highest BCUT2D eigenvalue weighted by molar-refractivity contribution is 9.10. The van der Waals surface area contributed by atoms with Gasteiger partial charge in [0.25, 0.3) is 5.91 Å². The van der Waals surface area contributed by atoms with Crippen molar-refractivity contribution in [2.45, 2.75) is 0 Å². The number of rotatable bonds is 2. The Morgan fingerprint density at radius 1 is 1.16 bits per heavy atom. The Morgan fingerprint density at radius 2 is 1.89 bits per heavy atom. The molecule has 0 heterocycles. The van der Waals surface area contributed by atoms with Gasteiger partial charge in [-0.2, -0.15) is 0 Å². The topological polar surface area (TPSA) is 55.1 Å². The molecule has 3 nitrogen and oxygen atoms in total. The third-order valence-corrected chi connectivity index (χ3v) is 3.67. The first kappa shape index (κ1) is 14.2. The van der Waals surface area contributed by atoms with E-state index >= 15 is 0 Å². The van der Waals surface area contributed by atoms with E-state index in [2.05, 4.69) is 21.2 Å². The van der Waals surface area contributed by atoms with E-state index < -0.39 is 0 Å². The summed E-state index contributed by atoms with van der Waals surface area (Å²) in [4.78, 5) is 12.2. The molecule has 0 aliphatic carbocycles. The van der Waals surface area contributed by atoms with Crippen LogP contribution in [-0.4, -0.2) is 5.91 Å². The maximum Gasteiger partial charge on any atom is 0.256 e. The number of benzene rings is 2. The quantitative estimate of drug-likeness (QED) is 0.770. The predicted octanol–water partition coefficient (Wildman–Crippen LogP) is 4.59. The molecule has 2 aromatic rings. The maximum atomic E-state index is 12.2. The number of carbonyl (C=O) groups is 1. The highest BCUT2D eigenvalue weighted by Crippen LogP contribution is 2.27. The molecular formula is C13H9BrCl2N2O. The van der Waals surface area contributed by atoms with Gasteiger partial charge < -0.3 is 11.1 Å². The van der Waals surface area contributed by atoms with E-state index in [0.717, 1.165) is 0 Å². The Labute approximate surface area is 128 Å². The van der Waals surface area contributed by atoms with Crippen molar-refractivity contribution in [3.8, 4) is 0 Å². The lowest BCUT2D eigenvalue weighted by molar-refractivity contribution is 0.102. The number of carbonyl (C=O) groups excluding carboxylic acids is 1. The van der Waals surface area contributed by atoms with Crippen molar-refractivity contribution < 1.29 is 4.79 Å². The minimum Gasteiger partial charge on any atom is -0.399 e. The number of hydrogen-bond donors (Lipinski definition) is 2. The predicted molar refractivity (Wildman–Crippen MR) is 83.0 cm³/mol. The summed E-state index contributed by atoms with van der Waals surface area (Å²) in [5.41, 5.74) is 7.05. The van der Waals surface area contributed by atoms with Gasteiger partial charge in [-0.25, -0.2) is 0 Å². The molecule has 19 heavy (non-hydrogen) atoms. The molecule has 0 aromatic heterocycles. The maximum absolute atomic E-state index is 12.2. The van der Waals surface area contributed by atoms with Gasteiger partial charge in [0.05, 0.1) is 16.3 Å². The Balaban J connectivity index is 2.30. The number of amides is 1. The molecular weight excluding hydrogens is 351 g/mol. The van der Waals surface area contributed by atoms with E-state index in [4.69, 9.17) is 28.9 Å². The van der Waals surface area contributed by atoms with Gasteiger partial charge in [0.1, 0.15) is 0 Å². The lowest BCUT2D eigenvalue weighted by atomic mass is 10.2. The Morgan fingerprint density at radius 3 is 2.63 bits per heavy atom. The summed E-state index contributed by atoms with van der Waals surface area (Å²) in [6.07, 6.45) is 0. The van der Waals surface area contributed by atoms with Gasteiger partial charge in [-0.05, 0) is 52.3 Å². The van der Waals surface area contributed by atoms with Crippen LogP contribution in [0.1, 0.15) is 10.4 Å². The molecule has 2 aromatic carbocycles. The van der Waals surface area contributed by atoms with E-state index in [1.807, 2.05) is 0 Å². The monoisotopic (exact) mass is 358 g/mol. The highest BCUT2D eigenvalue weighted by Gasteiger charge is 2.12. The normalized spacial score (nSPS) is 10.3. The van der Waals surface area contributed by atoms with Crippen molar-refractivity contribution in [2.75, 3.05) is 11.1 Å². The zero-order valence-corrected chi connectivity index (χ0v) is 12.7. The first-order chi connectivity index (χ1) is 8.97. The van der Waals surface area contributed by atoms with Gasteiger partial charge in [-0.1, -0.05) is 23.2 Å². The standard InChI is InChI=1S/C13H9BrCl2N2O/c14-10-3-2-8(17)6-9(10)13(19)18-12-5-7(15)1-4-11(12)16/h1-6H,17H2,(H,18,19). The molecule has 0 aliphatic rings. The van der Waals surface area contributed by atoms with Crippen LogP contribution in [0.25, 0.3) is 0 Å². The Kier molecular flexibility index (Phi) is 4.34. The van der Waals surface area contributed by atoms with Gasteiger partial charge in [-0.15, -0.1) is 0 Å². The van der Waals surface area contributed by atoms with Crippen LogP contribution < -0.4 is 11.1 Å². The smallest absolute Gasteiger partial charge is 0.256 e. The van der Waals surface area contributed by atoms with E-state index in [1.165, 1.54) is 0 Å². The molecule has 0 saturated heterocycles. The van der Waals surface area contributed by atoms with Crippen molar-refractivity contribution in [1.29, 1.82) is 0 Å². The van der Waals surface area contributed by atoms with Crippen LogP contribution in [0, 0.1) is 0 Å². The van der Waals surface area contributed by atoms with E-state index in [1.54, 1.807) is 36.4 Å². The molecule has 0 aliphatic heterocycles. The fraction of sp³-hybridized carbons (Fsp3) is 0. The number of anilines is 2. The summed E-state index contributed by atoms with van der Waals surface area (Å²) < 4.78 is 0.650. The molecule has 2 rings (SSSR count). The van der Waals surface area contributed by atoms with Crippen LogP contribution in [0.5, 0.6) is 0 Å². The summed E-state index contributed by atoms with van der Waals surface area (Å²) >= 11 is 15.2. The van der Waals surface area contributed by atoms with Gasteiger partial charge in [-0.3, -0.25) is 4.79 Å². The summed E-state index contributed by atoms with van der Waals surface area (Å²) in [6.45, 7) is 0. The largest absolute Gasteiger partial charge is 0.399 e. The zero-order valence-electron chi connectivity index (χ0n) is 9.58. The zero-order chi connectivity index (χ0) is 14.0. The minimum atomic E-state index is -0.316. The molecule has 0 unspecified atom stereocenters. The van der Waals surface area contributed by atoms with Crippen LogP contribution in [0.15, 0.2) is 40.9 Å². The Bertz CT molecular complexity index is 647. The highest BCUT2D eigenvalue weighted by atomic mass is 79.9. The molecule has 0 spiro atoms. The van der Waals surface area contributed by atoms with Crippen molar-refractivity contribution >= 4 is 56.4 Å². The minimum absolute atomic E-state index is 0.316. The molecule has 0 atom stereocenters. The van der Waals surface area contributed by atoms with Crippen LogP contribution in [0.4, 0.5) is 11.4 Å². The first-order valence-electron chi connectivity index (χ1n) is 5.29. The molecule has 3 N–H and O–H groups in total. The third-order valence-electron chi connectivity index (χ3n) is 2.41. The van der Waals surface area contributed by atoms with Crippen LogP contribution in [0.3, 0.4) is 0 Å². The molecule has 1 amide bonds. The summed E-state index contributed by atoms with van der Waals surface area (Å²) in [6, 6.07) is 9.85. The van der Waals surface area contributed by atoms with Gasteiger partial charge in [0.15, 0.2) is 0 Å². The summed E-state index contributed by atoms with van der Waals surface area (Å²) in [7, 11) is 0. The van der Waals surface area contributed by atoms with Crippen molar-refractivity contribution in [3.63, 3.8) is 0 Å².